The molecule has 0 aromatic carbocycles. The van der Waals surface area contributed by atoms with E-state index in [1.54, 1.807) is 23.1 Å². The number of hydrogen-bond donors (Lipinski definition) is 1. The van der Waals surface area contributed by atoms with Gasteiger partial charge in [0.05, 0.1) is 12.1 Å². The van der Waals surface area contributed by atoms with Crippen LogP contribution in [0.15, 0.2) is 9.72 Å². The molecule has 1 aliphatic heterocycles. The lowest BCUT2D eigenvalue weighted by molar-refractivity contribution is -0.136. The fraction of sp³-hybridized carbons (Fsp3) is 0.667. The molecule has 0 radical (unpaired) electrons. The average molecular weight is 301 g/mol. The molecule has 2 heterocycles. The van der Waals surface area contributed by atoms with Gasteiger partial charge in [0.2, 0.25) is 0 Å². The van der Waals surface area contributed by atoms with Crippen LogP contribution in [0.1, 0.15) is 5.69 Å². The Hall–Kier alpha value is -0.630. The van der Waals surface area contributed by atoms with Gasteiger partial charge < -0.3 is 10.0 Å². The molecule has 0 bridgehead atoms. The number of nitrogens with zero attached hydrogens (tertiary/aromatic N) is 3. The van der Waals surface area contributed by atoms with Crippen LogP contribution in [0.3, 0.4) is 0 Å². The van der Waals surface area contributed by atoms with E-state index >= 15 is 0 Å². The van der Waals surface area contributed by atoms with Crippen molar-refractivity contribution < 1.29 is 9.90 Å². The van der Waals surface area contributed by atoms with Crippen molar-refractivity contribution in [3.05, 3.63) is 11.1 Å². The highest BCUT2D eigenvalue weighted by molar-refractivity contribution is 8.01. The second-order valence-electron chi connectivity index (χ2n) is 4.67. The normalized spacial score (nSPS) is 17.7. The standard InChI is InChI=1S/C12H19N3O2S2/c1-14-2-4-15(5-3-14)6-7-18-12-13-10(9-19-12)8-11(16)17/h9H,2-8H2,1H3,(H,16,17). The van der Waals surface area contributed by atoms with Gasteiger partial charge in [0.15, 0.2) is 0 Å². The zero-order valence-electron chi connectivity index (χ0n) is 11.0. The van der Waals surface area contributed by atoms with Crippen LogP contribution in [0.4, 0.5) is 0 Å². The minimum absolute atomic E-state index is 0.0233. The summed E-state index contributed by atoms with van der Waals surface area (Å²) >= 11 is 3.26. The summed E-state index contributed by atoms with van der Waals surface area (Å²) in [6.07, 6.45) is 0.0233. The predicted molar refractivity (Wildman–Crippen MR) is 78.1 cm³/mol. The largest absolute Gasteiger partial charge is 0.481 e. The maximum absolute atomic E-state index is 10.6. The number of carboxylic acid groups (broad SMARTS) is 1. The van der Waals surface area contributed by atoms with E-state index in [1.807, 2.05) is 5.38 Å². The van der Waals surface area contributed by atoms with Crippen LogP contribution in [-0.2, 0) is 11.2 Å². The van der Waals surface area contributed by atoms with Gasteiger partial charge in [0.1, 0.15) is 4.34 Å². The van der Waals surface area contributed by atoms with Crippen molar-refractivity contribution in [1.29, 1.82) is 0 Å². The third-order valence-electron chi connectivity index (χ3n) is 3.09. The van der Waals surface area contributed by atoms with Gasteiger partial charge in [-0.1, -0.05) is 11.8 Å². The number of hydrogen-bond acceptors (Lipinski definition) is 6. The fourth-order valence-electron chi connectivity index (χ4n) is 1.92. The highest BCUT2D eigenvalue weighted by Gasteiger charge is 2.13. The predicted octanol–water partition coefficient (Wildman–Crippen LogP) is 1.11. The summed E-state index contributed by atoms with van der Waals surface area (Å²) in [7, 11) is 2.16. The lowest BCUT2D eigenvalue weighted by Crippen LogP contribution is -2.45. The Bertz CT molecular complexity index is 417. The van der Waals surface area contributed by atoms with Crippen molar-refractivity contribution in [3.63, 3.8) is 0 Å². The molecular weight excluding hydrogens is 282 g/mol. The van der Waals surface area contributed by atoms with E-state index in [2.05, 4.69) is 21.8 Å². The fourth-order valence-corrected chi connectivity index (χ4v) is 3.84. The van der Waals surface area contributed by atoms with Gasteiger partial charge in [0.25, 0.3) is 0 Å². The van der Waals surface area contributed by atoms with Crippen LogP contribution >= 0.6 is 23.1 Å². The number of carbonyl (C=O) groups is 1. The van der Waals surface area contributed by atoms with Gasteiger partial charge in [-0.3, -0.25) is 9.69 Å². The molecule has 19 heavy (non-hydrogen) atoms. The quantitative estimate of drug-likeness (QED) is 0.794. The third kappa shape index (κ3) is 5.10. The number of thioether (sulfide) groups is 1. The Balaban J connectivity index is 1.68. The number of likely N-dealkylation sites (N-methyl/N-ethyl adjacent to an activating group) is 1. The van der Waals surface area contributed by atoms with E-state index in [-0.39, 0.29) is 6.42 Å². The molecular formula is C12H19N3O2S2. The smallest absolute Gasteiger partial charge is 0.309 e. The lowest BCUT2D eigenvalue weighted by atomic mass is 10.3. The van der Waals surface area contributed by atoms with E-state index < -0.39 is 5.97 Å². The Morgan fingerprint density at radius 2 is 2.21 bits per heavy atom. The molecule has 0 aliphatic carbocycles. The lowest BCUT2D eigenvalue weighted by Gasteiger charge is -2.32. The molecule has 1 aromatic rings. The molecule has 1 aliphatic rings. The first kappa shape index (κ1) is 14.8. The number of carboxylic acids is 1. The molecule has 1 aromatic heterocycles. The molecule has 0 amide bonds. The van der Waals surface area contributed by atoms with Crippen molar-refractivity contribution in [2.75, 3.05) is 45.5 Å². The van der Waals surface area contributed by atoms with Gasteiger partial charge in [0, 0.05) is 43.9 Å². The number of rotatable bonds is 6. The van der Waals surface area contributed by atoms with E-state index in [4.69, 9.17) is 5.11 Å². The van der Waals surface area contributed by atoms with Gasteiger partial charge in [-0.25, -0.2) is 4.98 Å². The number of piperazine rings is 1. The third-order valence-corrected chi connectivity index (χ3v) is 5.14. The second kappa shape index (κ2) is 7.23. The number of thiazole rings is 1. The van der Waals surface area contributed by atoms with E-state index in [9.17, 15) is 4.79 Å². The van der Waals surface area contributed by atoms with Gasteiger partial charge in [-0.15, -0.1) is 11.3 Å². The van der Waals surface area contributed by atoms with E-state index in [0.29, 0.717) is 5.69 Å². The molecule has 0 unspecified atom stereocenters. The van der Waals surface area contributed by atoms with Crippen molar-refractivity contribution >= 4 is 29.1 Å². The van der Waals surface area contributed by atoms with E-state index in [1.165, 1.54) is 0 Å². The molecule has 0 spiro atoms. The molecule has 1 N–H and O–H groups in total. The second-order valence-corrected chi connectivity index (χ2v) is 6.87. The first-order chi connectivity index (χ1) is 9.13. The van der Waals surface area contributed by atoms with Gasteiger partial charge in [-0.05, 0) is 7.05 Å². The van der Waals surface area contributed by atoms with Crippen LogP contribution in [0.2, 0.25) is 0 Å². The zero-order chi connectivity index (χ0) is 13.7. The molecule has 0 atom stereocenters. The Kier molecular flexibility index (Phi) is 5.62. The molecule has 0 saturated carbocycles. The topological polar surface area (TPSA) is 56.7 Å². The van der Waals surface area contributed by atoms with Crippen molar-refractivity contribution in [1.82, 2.24) is 14.8 Å². The molecule has 106 valence electrons. The molecule has 7 heteroatoms. The highest BCUT2D eigenvalue weighted by Crippen LogP contribution is 2.23. The summed E-state index contributed by atoms with van der Waals surface area (Å²) in [6, 6.07) is 0. The first-order valence-electron chi connectivity index (χ1n) is 6.33. The Morgan fingerprint density at radius 3 is 2.89 bits per heavy atom. The SMILES string of the molecule is CN1CCN(CCSc2nc(CC(=O)O)cs2)CC1. The summed E-state index contributed by atoms with van der Waals surface area (Å²) in [5, 5.41) is 10.5. The maximum Gasteiger partial charge on any atom is 0.309 e. The molecule has 5 nitrogen and oxygen atoms in total. The van der Waals surface area contributed by atoms with Crippen molar-refractivity contribution in [2.45, 2.75) is 10.8 Å². The summed E-state index contributed by atoms with van der Waals surface area (Å²) in [5.74, 6) is 0.197. The monoisotopic (exact) mass is 301 g/mol. The molecule has 2 rings (SSSR count). The maximum atomic E-state index is 10.6. The van der Waals surface area contributed by atoms with Crippen LogP contribution in [0.5, 0.6) is 0 Å². The Morgan fingerprint density at radius 1 is 1.47 bits per heavy atom. The van der Waals surface area contributed by atoms with Crippen molar-refractivity contribution in [2.24, 2.45) is 0 Å². The zero-order valence-corrected chi connectivity index (χ0v) is 12.7. The minimum Gasteiger partial charge on any atom is -0.481 e. The van der Waals surface area contributed by atoms with Crippen LogP contribution in [0, 0.1) is 0 Å². The first-order valence-corrected chi connectivity index (χ1v) is 8.20. The number of aromatic nitrogens is 1. The molecule has 1 fully saturated rings. The average Bonchev–Trinajstić information content (AvgIpc) is 2.78. The van der Waals surface area contributed by atoms with Crippen LogP contribution < -0.4 is 0 Å². The van der Waals surface area contributed by atoms with Crippen molar-refractivity contribution in [3.8, 4) is 0 Å². The van der Waals surface area contributed by atoms with Crippen LogP contribution in [-0.4, -0.2) is 71.4 Å². The summed E-state index contributed by atoms with van der Waals surface area (Å²) in [5.41, 5.74) is 0.666. The van der Waals surface area contributed by atoms with E-state index in [0.717, 1.165) is 42.8 Å². The summed E-state index contributed by atoms with van der Waals surface area (Å²) in [4.78, 5) is 19.7. The van der Waals surface area contributed by atoms with Gasteiger partial charge in [-0.2, -0.15) is 0 Å². The van der Waals surface area contributed by atoms with Gasteiger partial charge >= 0.3 is 5.97 Å². The summed E-state index contributed by atoms with van der Waals surface area (Å²) < 4.78 is 0.977. The van der Waals surface area contributed by atoms with Crippen LogP contribution in [0.25, 0.3) is 0 Å². The molecule has 1 saturated heterocycles. The Labute approximate surface area is 121 Å². The number of aliphatic carboxylic acids is 1. The summed E-state index contributed by atoms with van der Waals surface area (Å²) in [6.45, 7) is 5.64. The minimum atomic E-state index is -0.820. The highest BCUT2D eigenvalue weighted by atomic mass is 32.2.